The van der Waals surface area contributed by atoms with E-state index in [0.717, 1.165) is 5.71 Å². The molecule has 1 atom stereocenters. The molecule has 0 aromatic rings. The Balaban J connectivity index is 2.82. The first-order chi connectivity index (χ1) is 4.20. The smallest absolute Gasteiger partial charge is 0.145 e. The minimum atomic E-state index is -0.0463. The molecule has 0 saturated heterocycles. The zero-order valence-electron chi connectivity index (χ0n) is 5.55. The lowest BCUT2D eigenvalue weighted by molar-refractivity contribution is 0.947. The summed E-state index contributed by atoms with van der Waals surface area (Å²) in [5.74, 6) is 0.348. The molecule has 0 saturated carbocycles. The van der Waals surface area contributed by atoms with E-state index in [0.29, 0.717) is 5.84 Å². The molecular formula is C6H9N3. The van der Waals surface area contributed by atoms with Crippen LogP contribution in [0, 0.1) is 5.41 Å². The van der Waals surface area contributed by atoms with Crippen molar-refractivity contribution >= 4 is 17.8 Å². The van der Waals surface area contributed by atoms with Crippen LogP contribution in [-0.2, 0) is 0 Å². The SMILES string of the molecule is CC1=N[C@@H](C)C(=N)N=C1. The van der Waals surface area contributed by atoms with E-state index in [2.05, 4.69) is 9.98 Å². The third kappa shape index (κ3) is 1.22. The number of nitrogens with zero attached hydrogens (tertiary/aromatic N) is 2. The maximum absolute atomic E-state index is 7.18. The molecule has 0 aromatic heterocycles. The number of amidine groups is 1. The Morgan fingerprint density at radius 1 is 1.67 bits per heavy atom. The molecule has 0 unspecified atom stereocenters. The predicted molar refractivity (Wildman–Crippen MR) is 38.8 cm³/mol. The van der Waals surface area contributed by atoms with Gasteiger partial charge in [0.1, 0.15) is 11.9 Å². The van der Waals surface area contributed by atoms with Gasteiger partial charge < -0.3 is 0 Å². The molecule has 0 radical (unpaired) electrons. The summed E-state index contributed by atoms with van der Waals surface area (Å²) in [6.07, 6.45) is 1.61. The Morgan fingerprint density at radius 3 is 2.78 bits per heavy atom. The summed E-state index contributed by atoms with van der Waals surface area (Å²) in [7, 11) is 0. The van der Waals surface area contributed by atoms with Crippen LogP contribution in [-0.4, -0.2) is 23.8 Å². The molecule has 1 rings (SSSR count). The van der Waals surface area contributed by atoms with Gasteiger partial charge in [-0.25, -0.2) is 4.99 Å². The highest BCUT2D eigenvalue weighted by molar-refractivity contribution is 6.33. The summed E-state index contributed by atoms with van der Waals surface area (Å²) >= 11 is 0. The average Bonchev–Trinajstić information content (AvgIpc) is 1.80. The van der Waals surface area contributed by atoms with Crippen LogP contribution in [0.2, 0.25) is 0 Å². The van der Waals surface area contributed by atoms with Crippen molar-refractivity contribution in [3.63, 3.8) is 0 Å². The van der Waals surface area contributed by atoms with Gasteiger partial charge in [-0.15, -0.1) is 0 Å². The lowest BCUT2D eigenvalue weighted by Gasteiger charge is -2.08. The van der Waals surface area contributed by atoms with E-state index in [9.17, 15) is 0 Å². The molecular weight excluding hydrogens is 114 g/mol. The van der Waals surface area contributed by atoms with Crippen LogP contribution in [0.15, 0.2) is 9.98 Å². The minimum Gasteiger partial charge on any atom is -0.285 e. The van der Waals surface area contributed by atoms with Gasteiger partial charge in [0, 0.05) is 6.21 Å². The van der Waals surface area contributed by atoms with Crippen LogP contribution in [0.25, 0.3) is 0 Å². The Morgan fingerprint density at radius 2 is 2.33 bits per heavy atom. The van der Waals surface area contributed by atoms with Crippen LogP contribution < -0.4 is 0 Å². The fourth-order valence-corrected chi connectivity index (χ4v) is 0.671. The van der Waals surface area contributed by atoms with E-state index in [1.165, 1.54) is 0 Å². The molecule has 0 aromatic carbocycles. The highest BCUT2D eigenvalue weighted by Crippen LogP contribution is 1.98. The normalized spacial score (nSPS) is 26.2. The zero-order valence-corrected chi connectivity index (χ0v) is 5.55. The van der Waals surface area contributed by atoms with E-state index in [4.69, 9.17) is 5.41 Å². The molecule has 1 N–H and O–H groups in total. The van der Waals surface area contributed by atoms with Gasteiger partial charge in [0.2, 0.25) is 0 Å². The van der Waals surface area contributed by atoms with Crippen molar-refractivity contribution in [1.29, 1.82) is 5.41 Å². The second kappa shape index (κ2) is 2.09. The van der Waals surface area contributed by atoms with Crippen LogP contribution in [0.1, 0.15) is 13.8 Å². The van der Waals surface area contributed by atoms with Crippen molar-refractivity contribution in [2.75, 3.05) is 0 Å². The van der Waals surface area contributed by atoms with Gasteiger partial charge in [0.05, 0.1) is 5.71 Å². The van der Waals surface area contributed by atoms with Crippen LogP contribution in [0.5, 0.6) is 0 Å². The summed E-state index contributed by atoms with van der Waals surface area (Å²) < 4.78 is 0. The maximum Gasteiger partial charge on any atom is 0.145 e. The maximum atomic E-state index is 7.18. The summed E-state index contributed by atoms with van der Waals surface area (Å²) in [6.45, 7) is 3.74. The van der Waals surface area contributed by atoms with Gasteiger partial charge in [0.25, 0.3) is 0 Å². The molecule has 0 fully saturated rings. The molecule has 0 bridgehead atoms. The summed E-state index contributed by atoms with van der Waals surface area (Å²) in [5.41, 5.74) is 0.901. The molecule has 0 amide bonds. The average molecular weight is 123 g/mol. The van der Waals surface area contributed by atoms with Crippen LogP contribution in [0.3, 0.4) is 0 Å². The van der Waals surface area contributed by atoms with E-state index in [1.54, 1.807) is 6.21 Å². The largest absolute Gasteiger partial charge is 0.285 e. The number of aliphatic imine (C=N–C) groups is 2. The molecule has 48 valence electrons. The first-order valence-corrected chi connectivity index (χ1v) is 2.87. The zero-order chi connectivity index (χ0) is 6.85. The lowest BCUT2D eigenvalue weighted by atomic mass is 10.3. The van der Waals surface area contributed by atoms with Crippen LogP contribution in [0.4, 0.5) is 0 Å². The predicted octanol–water partition coefficient (Wildman–Crippen LogP) is 0.897. The molecule has 1 aliphatic heterocycles. The van der Waals surface area contributed by atoms with Crippen molar-refractivity contribution < 1.29 is 0 Å². The molecule has 3 nitrogen and oxygen atoms in total. The van der Waals surface area contributed by atoms with Crippen molar-refractivity contribution in [3.8, 4) is 0 Å². The van der Waals surface area contributed by atoms with E-state index in [1.807, 2.05) is 13.8 Å². The lowest BCUT2D eigenvalue weighted by Crippen LogP contribution is -2.18. The highest BCUT2D eigenvalue weighted by atomic mass is 15.0. The van der Waals surface area contributed by atoms with Gasteiger partial charge in [-0.2, -0.15) is 0 Å². The molecule has 3 heteroatoms. The Labute approximate surface area is 54.0 Å². The van der Waals surface area contributed by atoms with E-state index in [-0.39, 0.29) is 6.04 Å². The minimum absolute atomic E-state index is 0.0463. The number of rotatable bonds is 0. The van der Waals surface area contributed by atoms with Crippen molar-refractivity contribution in [1.82, 2.24) is 0 Å². The Hall–Kier alpha value is -0.990. The first-order valence-electron chi connectivity index (χ1n) is 2.87. The molecule has 0 aliphatic carbocycles. The fourth-order valence-electron chi connectivity index (χ4n) is 0.671. The van der Waals surface area contributed by atoms with Crippen molar-refractivity contribution in [3.05, 3.63) is 0 Å². The highest BCUT2D eigenvalue weighted by Gasteiger charge is 2.08. The molecule has 1 aliphatic rings. The topological polar surface area (TPSA) is 48.6 Å². The van der Waals surface area contributed by atoms with Gasteiger partial charge in [0.15, 0.2) is 0 Å². The third-order valence-corrected chi connectivity index (χ3v) is 1.18. The van der Waals surface area contributed by atoms with Crippen molar-refractivity contribution in [2.45, 2.75) is 19.9 Å². The molecule has 9 heavy (non-hydrogen) atoms. The monoisotopic (exact) mass is 123 g/mol. The van der Waals surface area contributed by atoms with Crippen LogP contribution >= 0.6 is 0 Å². The Kier molecular flexibility index (Phi) is 1.42. The molecule has 1 heterocycles. The van der Waals surface area contributed by atoms with Gasteiger partial charge in [-0.1, -0.05) is 0 Å². The fraction of sp³-hybridized carbons (Fsp3) is 0.500. The van der Waals surface area contributed by atoms with Gasteiger partial charge in [-0.05, 0) is 13.8 Å². The summed E-state index contributed by atoms with van der Waals surface area (Å²) in [5, 5.41) is 7.18. The third-order valence-electron chi connectivity index (χ3n) is 1.18. The summed E-state index contributed by atoms with van der Waals surface area (Å²) in [6, 6.07) is -0.0463. The molecule has 0 spiro atoms. The second-order valence-electron chi connectivity index (χ2n) is 2.09. The number of hydrogen-bond acceptors (Lipinski definition) is 2. The quantitative estimate of drug-likeness (QED) is 0.497. The number of hydrogen-bond donors (Lipinski definition) is 1. The van der Waals surface area contributed by atoms with Gasteiger partial charge in [-0.3, -0.25) is 10.4 Å². The van der Waals surface area contributed by atoms with E-state index >= 15 is 0 Å². The standard InChI is InChI=1S/C6H9N3/c1-4-3-8-6(7)5(2)9-4/h3,5,7H,1-2H3/t5-/m0/s1. The second-order valence-corrected chi connectivity index (χ2v) is 2.09. The van der Waals surface area contributed by atoms with E-state index < -0.39 is 0 Å². The summed E-state index contributed by atoms with van der Waals surface area (Å²) in [4.78, 5) is 7.93. The van der Waals surface area contributed by atoms with Gasteiger partial charge >= 0.3 is 0 Å². The van der Waals surface area contributed by atoms with Crippen molar-refractivity contribution in [2.24, 2.45) is 9.98 Å². The number of nitrogens with one attached hydrogen (secondary N) is 1. The Bertz CT molecular complexity index is 190. The first kappa shape index (κ1) is 6.13.